The number of nitrogens with one attached hydrogen (secondary N) is 2. The first-order valence-electron chi connectivity index (χ1n) is 13.2. The molecule has 0 radical (unpaired) electrons. The summed E-state index contributed by atoms with van der Waals surface area (Å²) in [7, 11) is 2.10. The number of fused-ring (bicyclic) bond motifs is 1. The summed E-state index contributed by atoms with van der Waals surface area (Å²) in [6.07, 6.45) is 9.34. The average Bonchev–Trinajstić information content (AvgIpc) is 2.85. The van der Waals surface area contributed by atoms with Crippen molar-refractivity contribution >= 4 is 23.6 Å². The summed E-state index contributed by atoms with van der Waals surface area (Å²) in [5.41, 5.74) is -0.593. The van der Waals surface area contributed by atoms with Gasteiger partial charge in [0, 0.05) is 51.0 Å². The fraction of sp³-hybridized carbons (Fsp3) is 0.769. The van der Waals surface area contributed by atoms with Gasteiger partial charge in [0.25, 0.3) is 0 Å². The lowest BCUT2D eigenvalue weighted by Gasteiger charge is -2.42. The van der Waals surface area contributed by atoms with Crippen molar-refractivity contribution in [3.05, 3.63) is 12.2 Å². The average molecular weight is 488 g/mol. The van der Waals surface area contributed by atoms with Crippen molar-refractivity contribution in [2.75, 3.05) is 52.9 Å². The normalized spacial score (nSPS) is 29.9. The van der Waals surface area contributed by atoms with Crippen molar-refractivity contribution in [2.45, 2.75) is 57.9 Å². The van der Waals surface area contributed by atoms with E-state index in [0.29, 0.717) is 45.4 Å². The lowest BCUT2D eigenvalue weighted by Crippen LogP contribution is -2.56. The molecule has 3 fully saturated rings. The van der Waals surface area contributed by atoms with E-state index >= 15 is 0 Å². The van der Waals surface area contributed by atoms with E-state index < -0.39 is 5.41 Å². The van der Waals surface area contributed by atoms with E-state index in [1.165, 1.54) is 0 Å². The molecular formula is C26H41N5O4. The Hall–Kier alpha value is -2.42. The summed E-state index contributed by atoms with van der Waals surface area (Å²) < 4.78 is 0. The Morgan fingerprint density at radius 1 is 0.971 bits per heavy atom. The zero-order valence-corrected chi connectivity index (χ0v) is 21.3. The van der Waals surface area contributed by atoms with Crippen LogP contribution in [0.4, 0.5) is 0 Å². The summed E-state index contributed by atoms with van der Waals surface area (Å²) in [6, 6.07) is -0.00205. The molecule has 1 spiro atoms. The van der Waals surface area contributed by atoms with Crippen molar-refractivity contribution in [3.8, 4) is 0 Å². The summed E-state index contributed by atoms with van der Waals surface area (Å²) >= 11 is 0. The first-order valence-corrected chi connectivity index (χ1v) is 13.2. The number of hydrogen-bond acceptors (Lipinski definition) is 5. The van der Waals surface area contributed by atoms with Crippen molar-refractivity contribution in [2.24, 2.45) is 17.3 Å². The number of carbonyl (C=O) groups excluding carboxylic acids is 4. The Morgan fingerprint density at radius 2 is 1.69 bits per heavy atom. The number of piperidine rings is 3. The number of hydrogen-bond donors (Lipinski definition) is 2. The first-order chi connectivity index (χ1) is 16.8. The van der Waals surface area contributed by atoms with Crippen LogP contribution in [0.1, 0.15) is 51.9 Å². The highest BCUT2D eigenvalue weighted by molar-refractivity contribution is 5.88. The molecule has 35 heavy (non-hydrogen) atoms. The molecule has 0 saturated carbocycles. The van der Waals surface area contributed by atoms with Gasteiger partial charge >= 0.3 is 0 Å². The molecule has 4 amide bonds. The summed E-state index contributed by atoms with van der Waals surface area (Å²) in [4.78, 5) is 56.9. The maximum Gasteiger partial charge on any atom is 0.239 e. The Morgan fingerprint density at radius 3 is 2.37 bits per heavy atom. The van der Waals surface area contributed by atoms with Gasteiger partial charge in [0.2, 0.25) is 23.6 Å². The fourth-order valence-corrected chi connectivity index (χ4v) is 6.13. The number of carbonyl (C=O) groups is 4. The summed E-state index contributed by atoms with van der Waals surface area (Å²) in [6.45, 7) is 5.89. The third kappa shape index (κ3) is 6.05. The van der Waals surface area contributed by atoms with E-state index in [0.717, 1.165) is 38.8 Å². The maximum absolute atomic E-state index is 13.2. The number of allylic oxidation sites excluding steroid dienone is 2. The molecular weight excluding hydrogens is 446 g/mol. The Kier molecular flexibility index (Phi) is 8.14. The van der Waals surface area contributed by atoms with Crippen LogP contribution in [0.5, 0.6) is 0 Å². The molecule has 0 aromatic heterocycles. The number of likely N-dealkylation sites (tertiary alicyclic amines) is 3. The molecule has 4 rings (SSSR count). The van der Waals surface area contributed by atoms with Gasteiger partial charge in [-0.1, -0.05) is 12.2 Å². The second-order valence-corrected chi connectivity index (χ2v) is 11.0. The minimum absolute atomic E-state index is 0.00205. The molecule has 194 valence electrons. The molecule has 0 aromatic rings. The second kappa shape index (κ2) is 11.1. The first kappa shape index (κ1) is 25.7. The molecule has 4 aliphatic heterocycles. The van der Waals surface area contributed by atoms with Crippen LogP contribution in [-0.2, 0) is 19.2 Å². The van der Waals surface area contributed by atoms with E-state index in [1.54, 1.807) is 11.8 Å². The van der Waals surface area contributed by atoms with Gasteiger partial charge in [-0.25, -0.2) is 0 Å². The third-order valence-corrected chi connectivity index (χ3v) is 8.63. The fourth-order valence-electron chi connectivity index (χ4n) is 6.13. The van der Waals surface area contributed by atoms with Crippen LogP contribution >= 0.6 is 0 Å². The van der Waals surface area contributed by atoms with Crippen molar-refractivity contribution in [1.29, 1.82) is 0 Å². The van der Waals surface area contributed by atoms with Gasteiger partial charge in [-0.3, -0.25) is 19.2 Å². The van der Waals surface area contributed by atoms with Gasteiger partial charge in [-0.05, 0) is 65.1 Å². The lowest BCUT2D eigenvalue weighted by atomic mass is 9.74. The highest BCUT2D eigenvalue weighted by atomic mass is 16.2. The lowest BCUT2D eigenvalue weighted by molar-refractivity contribution is -0.140. The van der Waals surface area contributed by atoms with Crippen LogP contribution < -0.4 is 10.6 Å². The quantitative estimate of drug-likeness (QED) is 0.532. The highest BCUT2D eigenvalue weighted by Crippen LogP contribution is 2.36. The Labute approximate surface area is 208 Å². The van der Waals surface area contributed by atoms with Gasteiger partial charge < -0.3 is 25.3 Å². The molecule has 4 heterocycles. The number of rotatable bonds is 1. The molecule has 4 aliphatic rings. The van der Waals surface area contributed by atoms with Crippen LogP contribution in [0.15, 0.2) is 12.2 Å². The summed E-state index contributed by atoms with van der Waals surface area (Å²) in [5, 5.41) is 6.00. The molecule has 2 N–H and O–H groups in total. The Bertz CT molecular complexity index is 843. The molecule has 0 aliphatic carbocycles. The van der Waals surface area contributed by atoms with Crippen molar-refractivity contribution in [3.63, 3.8) is 0 Å². The second-order valence-electron chi connectivity index (χ2n) is 11.0. The molecule has 9 nitrogen and oxygen atoms in total. The number of nitrogens with zero attached hydrogens (tertiary/aromatic N) is 3. The van der Waals surface area contributed by atoms with E-state index in [-0.39, 0.29) is 48.1 Å². The zero-order valence-electron chi connectivity index (χ0n) is 21.3. The summed E-state index contributed by atoms with van der Waals surface area (Å²) in [5.74, 6) is 0.285. The third-order valence-electron chi connectivity index (χ3n) is 8.63. The minimum atomic E-state index is -0.593. The zero-order chi connectivity index (χ0) is 25.0. The molecule has 9 heteroatoms. The van der Waals surface area contributed by atoms with Gasteiger partial charge in [0.1, 0.15) is 0 Å². The van der Waals surface area contributed by atoms with E-state index in [9.17, 15) is 19.2 Å². The maximum atomic E-state index is 13.2. The van der Waals surface area contributed by atoms with Crippen LogP contribution in [0.25, 0.3) is 0 Å². The van der Waals surface area contributed by atoms with Crippen molar-refractivity contribution < 1.29 is 19.2 Å². The molecule has 2 atom stereocenters. The topological polar surface area (TPSA) is 102 Å². The molecule has 0 unspecified atom stereocenters. The van der Waals surface area contributed by atoms with E-state index in [4.69, 9.17) is 0 Å². The van der Waals surface area contributed by atoms with Gasteiger partial charge in [-0.15, -0.1) is 0 Å². The van der Waals surface area contributed by atoms with E-state index in [1.807, 2.05) is 4.90 Å². The van der Waals surface area contributed by atoms with E-state index in [2.05, 4.69) is 34.7 Å². The number of amides is 4. The molecule has 0 aromatic carbocycles. The predicted octanol–water partition coefficient (Wildman–Crippen LogP) is 0.756. The van der Waals surface area contributed by atoms with Crippen LogP contribution in [0, 0.1) is 17.3 Å². The molecule has 3 saturated heterocycles. The van der Waals surface area contributed by atoms with Gasteiger partial charge in [0.15, 0.2) is 0 Å². The largest absolute Gasteiger partial charge is 0.351 e. The van der Waals surface area contributed by atoms with Crippen LogP contribution in [0.3, 0.4) is 0 Å². The smallest absolute Gasteiger partial charge is 0.239 e. The SMILES string of the molecule is CC(=O)N1CCC2(C/C=C/C[C@H]3CN(C(=O)C4CCN(C)CC4)CC[C@H]3NC(=O)CNC2=O)CC1. The monoisotopic (exact) mass is 487 g/mol. The molecule has 0 bridgehead atoms. The van der Waals surface area contributed by atoms with Crippen molar-refractivity contribution in [1.82, 2.24) is 25.3 Å². The Balaban J connectivity index is 1.43. The van der Waals surface area contributed by atoms with Gasteiger partial charge in [-0.2, -0.15) is 0 Å². The predicted molar refractivity (Wildman–Crippen MR) is 132 cm³/mol. The van der Waals surface area contributed by atoms with Gasteiger partial charge in [0.05, 0.1) is 12.0 Å². The van der Waals surface area contributed by atoms with Crippen LogP contribution in [0.2, 0.25) is 0 Å². The van der Waals surface area contributed by atoms with Crippen LogP contribution in [-0.4, -0.2) is 97.2 Å². The minimum Gasteiger partial charge on any atom is -0.351 e. The standard InChI is InChI=1S/C26H41N5O4/c1-19(32)30-15-10-26(11-16-30)9-4-3-5-21-18-31(24(34)20-6-12-29(2)13-7-20)14-8-22(21)28-23(33)17-27-25(26)35/h3-4,20-22H,5-18H2,1-2H3,(H,27,35)(H,28,33)/b4-3+/t21-,22+/m0/s1. The highest BCUT2D eigenvalue weighted by Gasteiger charge is 2.41.